The van der Waals surface area contributed by atoms with Gasteiger partial charge in [0.05, 0.1) is 18.1 Å². The van der Waals surface area contributed by atoms with Gasteiger partial charge < -0.3 is 4.74 Å². The minimum Gasteiger partial charge on any atom is -0.377 e. The third-order valence-electron chi connectivity index (χ3n) is 2.29. The van der Waals surface area contributed by atoms with Gasteiger partial charge in [0.2, 0.25) is 0 Å². The Bertz CT molecular complexity index is 188. The molecule has 1 rings (SSSR count). The Morgan fingerprint density at radius 1 is 1.69 bits per heavy atom. The summed E-state index contributed by atoms with van der Waals surface area (Å²) < 4.78 is 5.52. The minimum atomic E-state index is 0.130. The summed E-state index contributed by atoms with van der Waals surface area (Å²) in [4.78, 5) is 2.32. The minimum absolute atomic E-state index is 0.130. The van der Waals surface area contributed by atoms with Gasteiger partial charge in [0.15, 0.2) is 0 Å². The molecular formula is C10H18N2O. The zero-order valence-corrected chi connectivity index (χ0v) is 8.49. The highest BCUT2D eigenvalue weighted by Crippen LogP contribution is 2.07. The average Bonchev–Trinajstić information content (AvgIpc) is 2.30. The van der Waals surface area contributed by atoms with E-state index < -0.39 is 0 Å². The molecule has 0 aliphatic carbocycles. The zero-order valence-electron chi connectivity index (χ0n) is 8.49. The number of nitrogens with zero attached hydrogens (tertiary/aromatic N) is 2. The molecule has 74 valence electrons. The van der Waals surface area contributed by atoms with Crippen LogP contribution in [0.1, 0.15) is 20.3 Å². The fraction of sp³-hybridized carbons (Fsp3) is 0.900. The van der Waals surface area contributed by atoms with Crippen LogP contribution in [0.2, 0.25) is 0 Å². The second-order valence-electron chi connectivity index (χ2n) is 3.82. The molecule has 1 heterocycles. The van der Waals surface area contributed by atoms with Crippen molar-refractivity contribution in [3.63, 3.8) is 0 Å². The lowest BCUT2D eigenvalue weighted by molar-refractivity contribution is 0.0668. The highest BCUT2D eigenvalue weighted by Gasteiger charge is 2.16. The van der Waals surface area contributed by atoms with E-state index in [9.17, 15) is 0 Å². The number of ether oxygens (including phenoxy) is 1. The van der Waals surface area contributed by atoms with Crippen molar-refractivity contribution in [1.82, 2.24) is 4.90 Å². The van der Waals surface area contributed by atoms with Crippen molar-refractivity contribution >= 4 is 0 Å². The molecule has 2 atom stereocenters. The summed E-state index contributed by atoms with van der Waals surface area (Å²) in [6, 6.07) is 2.26. The highest BCUT2D eigenvalue weighted by molar-refractivity contribution is 4.82. The SMILES string of the molecule is CC(C#N)CN1CCCOC(C)C1. The molecule has 0 N–H and O–H groups in total. The highest BCUT2D eigenvalue weighted by atomic mass is 16.5. The van der Waals surface area contributed by atoms with Crippen LogP contribution in [0.5, 0.6) is 0 Å². The molecule has 0 radical (unpaired) electrons. The lowest BCUT2D eigenvalue weighted by Gasteiger charge is -2.22. The van der Waals surface area contributed by atoms with Gasteiger partial charge in [-0.25, -0.2) is 0 Å². The maximum absolute atomic E-state index is 8.69. The molecule has 0 spiro atoms. The predicted octanol–water partition coefficient (Wildman–Crippen LogP) is 1.26. The van der Waals surface area contributed by atoms with Crippen molar-refractivity contribution in [3.05, 3.63) is 0 Å². The van der Waals surface area contributed by atoms with Crippen LogP contribution in [-0.4, -0.2) is 37.2 Å². The van der Waals surface area contributed by atoms with Gasteiger partial charge in [-0.05, 0) is 20.3 Å². The maximum Gasteiger partial charge on any atom is 0.0673 e. The monoisotopic (exact) mass is 182 g/mol. The van der Waals surface area contributed by atoms with Crippen LogP contribution in [0.4, 0.5) is 0 Å². The van der Waals surface area contributed by atoms with E-state index in [1.165, 1.54) is 0 Å². The van der Waals surface area contributed by atoms with E-state index in [4.69, 9.17) is 10.00 Å². The Kier molecular flexibility index (Phi) is 4.20. The molecule has 3 nitrogen and oxygen atoms in total. The number of rotatable bonds is 2. The second-order valence-corrected chi connectivity index (χ2v) is 3.82. The predicted molar refractivity (Wildman–Crippen MR) is 51.2 cm³/mol. The van der Waals surface area contributed by atoms with E-state index in [0.29, 0.717) is 6.10 Å². The first-order chi connectivity index (χ1) is 6.22. The first kappa shape index (κ1) is 10.5. The summed E-state index contributed by atoms with van der Waals surface area (Å²) in [5.74, 6) is 0.130. The average molecular weight is 182 g/mol. The summed E-state index contributed by atoms with van der Waals surface area (Å²) >= 11 is 0. The molecule has 0 bridgehead atoms. The van der Waals surface area contributed by atoms with E-state index in [1.807, 2.05) is 6.92 Å². The van der Waals surface area contributed by atoms with E-state index in [2.05, 4.69) is 17.9 Å². The molecule has 1 saturated heterocycles. The van der Waals surface area contributed by atoms with Gasteiger partial charge in [0.25, 0.3) is 0 Å². The van der Waals surface area contributed by atoms with Gasteiger partial charge in [-0.15, -0.1) is 0 Å². The summed E-state index contributed by atoms with van der Waals surface area (Å²) in [6.45, 7) is 7.83. The van der Waals surface area contributed by atoms with E-state index in [1.54, 1.807) is 0 Å². The Hall–Kier alpha value is -0.590. The molecule has 0 aromatic carbocycles. The number of nitriles is 1. The van der Waals surface area contributed by atoms with E-state index in [-0.39, 0.29) is 5.92 Å². The summed E-state index contributed by atoms with van der Waals surface area (Å²) in [7, 11) is 0. The summed E-state index contributed by atoms with van der Waals surface area (Å²) in [5.41, 5.74) is 0. The number of hydrogen-bond acceptors (Lipinski definition) is 3. The second kappa shape index (κ2) is 5.21. The topological polar surface area (TPSA) is 36.3 Å². The lowest BCUT2D eigenvalue weighted by atomic mass is 10.2. The van der Waals surface area contributed by atoms with Gasteiger partial charge in [-0.1, -0.05) is 0 Å². The molecule has 1 aliphatic rings. The molecule has 13 heavy (non-hydrogen) atoms. The Balaban J connectivity index is 2.35. The summed E-state index contributed by atoms with van der Waals surface area (Å²) in [5, 5.41) is 8.69. The molecule has 1 fully saturated rings. The van der Waals surface area contributed by atoms with Crippen molar-refractivity contribution in [2.75, 3.05) is 26.2 Å². The quantitative estimate of drug-likeness (QED) is 0.645. The first-order valence-electron chi connectivity index (χ1n) is 4.96. The first-order valence-corrected chi connectivity index (χ1v) is 4.96. The molecular weight excluding hydrogens is 164 g/mol. The standard InChI is InChI=1S/C10H18N2O/c1-9(6-11)7-12-4-3-5-13-10(2)8-12/h9-10H,3-5,7-8H2,1-2H3. The van der Waals surface area contributed by atoms with Crippen molar-refractivity contribution in [3.8, 4) is 6.07 Å². The van der Waals surface area contributed by atoms with Crippen LogP contribution >= 0.6 is 0 Å². The van der Waals surface area contributed by atoms with E-state index >= 15 is 0 Å². The van der Waals surface area contributed by atoms with Crippen LogP contribution < -0.4 is 0 Å². The van der Waals surface area contributed by atoms with Gasteiger partial charge in [-0.3, -0.25) is 4.90 Å². The Morgan fingerprint density at radius 2 is 2.46 bits per heavy atom. The van der Waals surface area contributed by atoms with Gasteiger partial charge in [0.1, 0.15) is 0 Å². The van der Waals surface area contributed by atoms with Crippen LogP contribution in [0.3, 0.4) is 0 Å². The third kappa shape index (κ3) is 3.75. The van der Waals surface area contributed by atoms with Crippen LogP contribution in [0, 0.1) is 17.2 Å². The molecule has 0 amide bonds. The Labute approximate surface area is 80.3 Å². The van der Waals surface area contributed by atoms with E-state index in [0.717, 1.165) is 32.7 Å². The zero-order chi connectivity index (χ0) is 9.68. The largest absolute Gasteiger partial charge is 0.377 e. The van der Waals surface area contributed by atoms with Gasteiger partial charge >= 0.3 is 0 Å². The van der Waals surface area contributed by atoms with Gasteiger partial charge in [0, 0.05) is 26.2 Å². The van der Waals surface area contributed by atoms with Crippen molar-refractivity contribution in [1.29, 1.82) is 5.26 Å². The smallest absolute Gasteiger partial charge is 0.0673 e. The van der Waals surface area contributed by atoms with Crippen LogP contribution in [0.25, 0.3) is 0 Å². The van der Waals surface area contributed by atoms with Crippen molar-refractivity contribution < 1.29 is 4.74 Å². The Morgan fingerprint density at radius 3 is 3.15 bits per heavy atom. The normalized spacial score (nSPS) is 27.6. The lowest BCUT2D eigenvalue weighted by Crippen LogP contribution is -2.33. The molecule has 0 aromatic rings. The fourth-order valence-electron chi connectivity index (χ4n) is 1.67. The van der Waals surface area contributed by atoms with Gasteiger partial charge in [-0.2, -0.15) is 5.26 Å². The molecule has 1 aliphatic heterocycles. The fourth-order valence-corrected chi connectivity index (χ4v) is 1.67. The van der Waals surface area contributed by atoms with Crippen LogP contribution in [-0.2, 0) is 4.74 Å². The molecule has 2 unspecified atom stereocenters. The molecule has 0 aromatic heterocycles. The van der Waals surface area contributed by atoms with Crippen molar-refractivity contribution in [2.24, 2.45) is 5.92 Å². The molecule has 0 saturated carbocycles. The summed E-state index contributed by atoms with van der Waals surface area (Å²) in [6.07, 6.45) is 1.40. The third-order valence-corrected chi connectivity index (χ3v) is 2.29. The molecule has 3 heteroatoms. The van der Waals surface area contributed by atoms with Crippen LogP contribution in [0.15, 0.2) is 0 Å². The van der Waals surface area contributed by atoms with Crippen molar-refractivity contribution in [2.45, 2.75) is 26.4 Å². The number of hydrogen-bond donors (Lipinski definition) is 0. The maximum atomic E-state index is 8.69.